The van der Waals surface area contributed by atoms with E-state index in [2.05, 4.69) is 33.9 Å². The van der Waals surface area contributed by atoms with Crippen LogP contribution in [0.5, 0.6) is 0 Å². The molecule has 0 amide bonds. The van der Waals surface area contributed by atoms with E-state index in [0.29, 0.717) is 0 Å². The first kappa shape index (κ1) is 12.8. The Kier molecular flexibility index (Phi) is 4.32. The maximum Gasteiger partial charge on any atom is 0.193 e. The fraction of sp³-hybridized carbons (Fsp3) is 0.900. The van der Waals surface area contributed by atoms with Crippen LogP contribution in [0.4, 0.5) is 0 Å². The minimum absolute atomic E-state index is 0.184. The van der Waals surface area contributed by atoms with Crippen LogP contribution in [0.2, 0.25) is 18.1 Å². The SMILES string of the molecule is CC[C@@H](C=O)O[Si](C)(C)C(C)(C)C. The Hall–Kier alpha value is -0.153. The summed E-state index contributed by atoms with van der Waals surface area (Å²) in [7, 11) is -1.74. The molecule has 0 N–H and O–H groups in total. The highest BCUT2D eigenvalue weighted by Crippen LogP contribution is 2.37. The maximum atomic E-state index is 10.6. The van der Waals surface area contributed by atoms with Gasteiger partial charge in [0, 0.05) is 0 Å². The zero-order chi connectivity index (χ0) is 10.7. The number of rotatable bonds is 4. The second kappa shape index (κ2) is 4.38. The molecule has 0 fully saturated rings. The molecular weight excluding hydrogens is 180 g/mol. The van der Waals surface area contributed by atoms with Crippen molar-refractivity contribution in [2.45, 2.75) is 58.4 Å². The highest BCUT2D eigenvalue weighted by atomic mass is 28.4. The first-order valence-corrected chi connectivity index (χ1v) is 7.78. The van der Waals surface area contributed by atoms with Crippen molar-refractivity contribution >= 4 is 14.6 Å². The van der Waals surface area contributed by atoms with E-state index in [-0.39, 0.29) is 11.1 Å². The average Bonchev–Trinajstić information content (AvgIpc) is 1.98. The molecule has 78 valence electrons. The van der Waals surface area contributed by atoms with Crippen LogP contribution < -0.4 is 0 Å². The van der Waals surface area contributed by atoms with Crippen molar-refractivity contribution in [1.82, 2.24) is 0 Å². The predicted molar refractivity (Wildman–Crippen MR) is 58.4 cm³/mol. The van der Waals surface area contributed by atoms with Crippen LogP contribution in [0.15, 0.2) is 0 Å². The second-order valence-electron chi connectivity index (χ2n) is 4.96. The quantitative estimate of drug-likeness (QED) is 0.517. The lowest BCUT2D eigenvalue weighted by molar-refractivity contribution is -0.114. The van der Waals surface area contributed by atoms with E-state index >= 15 is 0 Å². The van der Waals surface area contributed by atoms with Crippen molar-refractivity contribution in [1.29, 1.82) is 0 Å². The normalized spacial score (nSPS) is 15.5. The van der Waals surface area contributed by atoms with Crippen molar-refractivity contribution in [3.63, 3.8) is 0 Å². The minimum Gasteiger partial charge on any atom is -0.407 e. The molecular formula is C10H22O2Si. The molecule has 0 unspecified atom stereocenters. The lowest BCUT2D eigenvalue weighted by Gasteiger charge is -2.37. The zero-order valence-corrected chi connectivity index (χ0v) is 10.7. The smallest absolute Gasteiger partial charge is 0.193 e. The molecule has 0 radical (unpaired) electrons. The van der Waals surface area contributed by atoms with Gasteiger partial charge in [-0.15, -0.1) is 0 Å². The Morgan fingerprint density at radius 2 is 1.85 bits per heavy atom. The van der Waals surface area contributed by atoms with Crippen molar-refractivity contribution in [2.24, 2.45) is 0 Å². The van der Waals surface area contributed by atoms with E-state index in [1.807, 2.05) is 6.92 Å². The Bertz CT molecular complexity index is 170. The first-order chi connectivity index (χ1) is 5.74. The molecule has 0 aromatic rings. The molecule has 0 heterocycles. The van der Waals surface area contributed by atoms with Crippen LogP contribution in [0.25, 0.3) is 0 Å². The zero-order valence-electron chi connectivity index (χ0n) is 9.68. The van der Waals surface area contributed by atoms with E-state index < -0.39 is 8.32 Å². The molecule has 0 saturated heterocycles. The van der Waals surface area contributed by atoms with E-state index in [1.54, 1.807) is 0 Å². The average molecular weight is 202 g/mol. The number of carbonyl (C=O) groups excluding carboxylic acids is 1. The summed E-state index contributed by atoms with van der Waals surface area (Å²) in [6, 6.07) is 0. The summed E-state index contributed by atoms with van der Waals surface area (Å²) in [5, 5.41) is 0.184. The van der Waals surface area contributed by atoms with Gasteiger partial charge in [-0.2, -0.15) is 0 Å². The summed E-state index contributed by atoms with van der Waals surface area (Å²) in [5.74, 6) is 0. The van der Waals surface area contributed by atoms with E-state index in [1.165, 1.54) is 0 Å². The molecule has 0 spiro atoms. The van der Waals surface area contributed by atoms with Crippen LogP contribution in [-0.4, -0.2) is 20.7 Å². The maximum absolute atomic E-state index is 10.6. The first-order valence-electron chi connectivity index (χ1n) is 4.87. The molecule has 0 aliphatic carbocycles. The summed E-state index contributed by atoms with van der Waals surface area (Å²) >= 11 is 0. The number of hydrogen-bond acceptors (Lipinski definition) is 2. The van der Waals surface area contributed by atoms with Crippen LogP contribution in [0, 0.1) is 0 Å². The third-order valence-electron chi connectivity index (χ3n) is 2.81. The number of hydrogen-bond donors (Lipinski definition) is 0. The van der Waals surface area contributed by atoms with Gasteiger partial charge in [-0.25, -0.2) is 0 Å². The number of aldehydes is 1. The van der Waals surface area contributed by atoms with Crippen molar-refractivity contribution in [3.05, 3.63) is 0 Å². The highest BCUT2D eigenvalue weighted by Gasteiger charge is 2.38. The largest absolute Gasteiger partial charge is 0.407 e. The van der Waals surface area contributed by atoms with Crippen molar-refractivity contribution in [2.75, 3.05) is 0 Å². The Morgan fingerprint density at radius 1 is 1.38 bits per heavy atom. The van der Waals surface area contributed by atoms with Gasteiger partial charge in [-0.3, -0.25) is 0 Å². The molecule has 13 heavy (non-hydrogen) atoms. The van der Waals surface area contributed by atoms with Gasteiger partial charge in [0.2, 0.25) is 0 Å². The number of carbonyl (C=O) groups is 1. The predicted octanol–water partition coefficient (Wildman–Crippen LogP) is 2.99. The molecule has 0 aromatic carbocycles. The third kappa shape index (κ3) is 3.61. The molecule has 0 aromatic heterocycles. The molecule has 0 bridgehead atoms. The lowest BCUT2D eigenvalue weighted by Crippen LogP contribution is -2.44. The summed E-state index contributed by atoms with van der Waals surface area (Å²) < 4.78 is 5.87. The molecule has 2 nitrogen and oxygen atoms in total. The Morgan fingerprint density at radius 3 is 2.08 bits per heavy atom. The van der Waals surface area contributed by atoms with Gasteiger partial charge < -0.3 is 9.22 Å². The van der Waals surface area contributed by atoms with Crippen LogP contribution in [-0.2, 0) is 9.22 Å². The molecule has 0 saturated carbocycles. The molecule has 0 rings (SSSR count). The molecule has 1 atom stereocenters. The van der Waals surface area contributed by atoms with Crippen molar-refractivity contribution in [3.8, 4) is 0 Å². The van der Waals surface area contributed by atoms with Gasteiger partial charge in [-0.05, 0) is 24.6 Å². The third-order valence-corrected chi connectivity index (χ3v) is 7.31. The van der Waals surface area contributed by atoms with Gasteiger partial charge >= 0.3 is 0 Å². The van der Waals surface area contributed by atoms with E-state index in [0.717, 1.165) is 12.7 Å². The van der Waals surface area contributed by atoms with Gasteiger partial charge in [0.15, 0.2) is 8.32 Å². The monoisotopic (exact) mass is 202 g/mol. The summed E-state index contributed by atoms with van der Waals surface area (Å²) in [4.78, 5) is 10.6. The highest BCUT2D eigenvalue weighted by molar-refractivity contribution is 6.74. The summed E-state index contributed by atoms with van der Waals surface area (Å²) in [6.45, 7) is 12.8. The van der Waals surface area contributed by atoms with Gasteiger partial charge in [0.1, 0.15) is 12.4 Å². The second-order valence-corrected chi connectivity index (χ2v) is 9.72. The van der Waals surface area contributed by atoms with Gasteiger partial charge in [0.25, 0.3) is 0 Å². The summed E-state index contributed by atoms with van der Waals surface area (Å²) in [6.07, 6.45) is 1.48. The van der Waals surface area contributed by atoms with Gasteiger partial charge in [0.05, 0.1) is 0 Å². The fourth-order valence-electron chi connectivity index (χ4n) is 0.763. The standard InChI is InChI=1S/C10H22O2Si/c1-7-9(8-11)12-13(5,6)10(2,3)4/h8-9H,7H2,1-6H3/t9-/m0/s1. The van der Waals surface area contributed by atoms with E-state index in [9.17, 15) is 4.79 Å². The Labute approximate surface area is 82.8 Å². The topological polar surface area (TPSA) is 26.3 Å². The van der Waals surface area contributed by atoms with Gasteiger partial charge in [-0.1, -0.05) is 27.7 Å². The molecule has 0 aliphatic rings. The molecule has 0 aliphatic heterocycles. The van der Waals surface area contributed by atoms with Crippen LogP contribution >= 0.6 is 0 Å². The Balaban J connectivity index is 4.40. The van der Waals surface area contributed by atoms with Crippen LogP contribution in [0.1, 0.15) is 34.1 Å². The molecule has 3 heteroatoms. The van der Waals surface area contributed by atoms with Crippen molar-refractivity contribution < 1.29 is 9.22 Å². The minimum atomic E-state index is -1.74. The summed E-state index contributed by atoms with van der Waals surface area (Å²) in [5.41, 5.74) is 0. The lowest BCUT2D eigenvalue weighted by atomic mass is 10.2. The fourth-order valence-corrected chi connectivity index (χ4v) is 2.10. The van der Waals surface area contributed by atoms with E-state index in [4.69, 9.17) is 4.43 Å². The van der Waals surface area contributed by atoms with Crippen LogP contribution in [0.3, 0.4) is 0 Å².